The first kappa shape index (κ1) is 18.2. The molecule has 0 radical (unpaired) electrons. The fourth-order valence-electron chi connectivity index (χ4n) is 2.47. The van der Waals surface area contributed by atoms with E-state index in [-0.39, 0.29) is 24.8 Å². The number of rotatable bonds is 5. The lowest BCUT2D eigenvalue weighted by atomic mass is 10.1. The van der Waals surface area contributed by atoms with E-state index in [1.165, 1.54) is 7.11 Å². The third-order valence-electron chi connectivity index (χ3n) is 3.83. The summed E-state index contributed by atoms with van der Waals surface area (Å²) in [6.07, 6.45) is -0.0913. The highest BCUT2D eigenvalue weighted by molar-refractivity contribution is 6.31. The monoisotopic (exact) mass is 353 g/mol. The summed E-state index contributed by atoms with van der Waals surface area (Å²) < 4.78 is 4.61. The smallest absolute Gasteiger partial charge is 0.307 e. The average Bonchev–Trinajstić information content (AvgIpc) is 2.54. The number of nitrogens with zero attached hydrogens (tertiary/aromatic N) is 1. The Bertz CT molecular complexity index is 650. The zero-order chi connectivity index (χ0) is 17.7. The quantitative estimate of drug-likeness (QED) is 0.769. The molecule has 2 rings (SSSR count). The van der Waals surface area contributed by atoms with Crippen molar-refractivity contribution in [1.29, 1.82) is 0 Å². The van der Waals surface area contributed by atoms with Crippen molar-refractivity contribution in [2.75, 3.05) is 32.1 Å². The minimum absolute atomic E-state index is 0.000572. The van der Waals surface area contributed by atoms with E-state index in [2.05, 4.69) is 15.4 Å². The third-order valence-corrected chi connectivity index (χ3v) is 4.24. The Kier molecular flexibility index (Phi) is 6.16. The van der Waals surface area contributed by atoms with Crippen LogP contribution in [0, 0.1) is 6.92 Å². The second kappa shape index (κ2) is 8.12. The summed E-state index contributed by atoms with van der Waals surface area (Å²) in [5.41, 5.74) is 1.50. The SMILES string of the molecule is COC(=O)CC1C(=O)NCCN1CC(=O)Nc1ccc(C)c(Cl)c1. The normalized spacial score (nSPS) is 18.0. The van der Waals surface area contributed by atoms with Gasteiger partial charge in [-0.05, 0) is 24.6 Å². The van der Waals surface area contributed by atoms with Gasteiger partial charge in [0.25, 0.3) is 0 Å². The van der Waals surface area contributed by atoms with Crippen molar-refractivity contribution in [3.05, 3.63) is 28.8 Å². The van der Waals surface area contributed by atoms with E-state index in [1.54, 1.807) is 17.0 Å². The molecule has 0 spiro atoms. The number of piperazine rings is 1. The second-order valence-corrected chi connectivity index (χ2v) is 5.98. The maximum absolute atomic E-state index is 12.2. The third kappa shape index (κ3) is 4.69. The molecule has 1 aliphatic heterocycles. The first-order chi connectivity index (χ1) is 11.4. The molecule has 1 aromatic rings. The van der Waals surface area contributed by atoms with Crippen LogP contribution in [0.2, 0.25) is 5.02 Å². The van der Waals surface area contributed by atoms with Crippen LogP contribution in [0.4, 0.5) is 5.69 Å². The van der Waals surface area contributed by atoms with Gasteiger partial charge >= 0.3 is 5.97 Å². The molecule has 2 N–H and O–H groups in total. The number of hydrogen-bond donors (Lipinski definition) is 2. The van der Waals surface area contributed by atoms with Gasteiger partial charge in [0.2, 0.25) is 11.8 Å². The fourth-order valence-corrected chi connectivity index (χ4v) is 2.65. The van der Waals surface area contributed by atoms with Gasteiger partial charge in [0.1, 0.15) is 6.04 Å². The summed E-state index contributed by atoms with van der Waals surface area (Å²) in [5.74, 6) is -1.05. The van der Waals surface area contributed by atoms with E-state index in [0.29, 0.717) is 23.8 Å². The second-order valence-electron chi connectivity index (χ2n) is 5.57. The van der Waals surface area contributed by atoms with Gasteiger partial charge in [-0.25, -0.2) is 0 Å². The number of carbonyl (C=O) groups is 3. The number of esters is 1. The summed E-state index contributed by atoms with van der Waals surface area (Å²) in [5, 5.41) is 6.00. The standard InChI is InChI=1S/C16H20ClN3O4/c1-10-3-4-11(7-12(10)17)19-14(21)9-20-6-5-18-16(23)13(20)8-15(22)24-2/h3-4,7,13H,5-6,8-9H2,1-2H3,(H,18,23)(H,19,21). The van der Waals surface area contributed by atoms with Crippen molar-refractivity contribution in [3.8, 4) is 0 Å². The first-order valence-corrected chi connectivity index (χ1v) is 7.93. The minimum Gasteiger partial charge on any atom is -0.469 e. The summed E-state index contributed by atoms with van der Waals surface area (Å²) >= 11 is 6.04. The largest absolute Gasteiger partial charge is 0.469 e. The molecule has 8 heteroatoms. The Morgan fingerprint density at radius 1 is 1.46 bits per heavy atom. The number of methoxy groups -OCH3 is 1. The minimum atomic E-state index is -0.710. The molecule has 130 valence electrons. The fraction of sp³-hybridized carbons (Fsp3) is 0.438. The zero-order valence-corrected chi connectivity index (χ0v) is 14.4. The van der Waals surface area contributed by atoms with E-state index in [4.69, 9.17) is 11.6 Å². The van der Waals surface area contributed by atoms with Crippen LogP contribution in [0.15, 0.2) is 18.2 Å². The molecule has 0 aromatic heterocycles. The number of amides is 2. The Balaban J connectivity index is 2.00. The van der Waals surface area contributed by atoms with Gasteiger partial charge in [0.05, 0.1) is 20.1 Å². The number of halogens is 1. The van der Waals surface area contributed by atoms with Crippen molar-refractivity contribution >= 4 is 35.1 Å². The van der Waals surface area contributed by atoms with Crippen molar-refractivity contribution in [2.45, 2.75) is 19.4 Å². The molecular formula is C16H20ClN3O4. The summed E-state index contributed by atoms with van der Waals surface area (Å²) in [4.78, 5) is 37.3. The summed E-state index contributed by atoms with van der Waals surface area (Å²) in [6.45, 7) is 2.79. The highest BCUT2D eigenvalue weighted by Crippen LogP contribution is 2.20. The number of hydrogen-bond acceptors (Lipinski definition) is 5. The lowest BCUT2D eigenvalue weighted by Crippen LogP contribution is -2.57. The van der Waals surface area contributed by atoms with Crippen LogP contribution in [0.25, 0.3) is 0 Å². The molecular weight excluding hydrogens is 334 g/mol. The molecule has 1 atom stereocenters. The van der Waals surface area contributed by atoms with Gasteiger partial charge in [0, 0.05) is 23.8 Å². The Morgan fingerprint density at radius 2 is 2.21 bits per heavy atom. The molecule has 1 heterocycles. The van der Waals surface area contributed by atoms with Crippen LogP contribution < -0.4 is 10.6 Å². The first-order valence-electron chi connectivity index (χ1n) is 7.55. The molecule has 1 aliphatic rings. The maximum Gasteiger partial charge on any atom is 0.307 e. The molecule has 1 unspecified atom stereocenters. The summed E-state index contributed by atoms with van der Waals surface area (Å²) in [6, 6.07) is 4.53. The van der Waals surface area contributed by atoms with E-state index in [9.17, 15) is 14.4 Å². The topological polar surface area (TPSA) is 87.7 Å². The lowest BCUT2D eigenvalue weighted by Gasteiger charge is -2.33. The van der Waals surface area contributed by atoms with Crippen molar-refractivity contribution in [2.24, 2.45) is 0 Å². The van der Waals surface area contributed by atoms with Crippen LogP contribution in [0.5, 0.6) is 0 Å². The molecule has 7 nitrogen and oxygen atoms in total. The highest BCUT2D eigenvalue weighted by Gasteiger charge is 2.33. The van der Waals surface area contributed by atoms with Crippen LogP contribution in [-0.4, -0.2) is 55.5 Å². The predicted octanol–water partition coefficient (Wildman–Crippen LogP) is 0.950. The van der Waals surface area contributed by atoms with Crippen LogP contribution in [0.3, 0.4) is 0 Å². The molecule has 24 heavy (non-hydrogen) atoms. The number of carbonyl (C=O) groups excluding carboxylic acids is 3. The van der Waals surface area contributed by atoms with Crippen molar-refractivity contribution in [3.63, 3.8) is 0 Å². The summed E-state index contributed by atoms with van der Waals surface area (Å²) in [7, 11) is 1.27. The Labute approximate surface area is 145 Å². The van der Waals surface area contributed by atoms with Gasteiger partial charge < -0.3 is 15.4 Å². The van der Waals surface area contributed by atoms with Gasteiger partial charge in [-0.3, -0.25) is 19.3 Å². The Hall–Kier alpha value is -2.12. The van der Waals surface area contributed by atoms with Gasteiger partial charge in [-0.1, -0.05) is 17.7 Å². The van der Waals surface area contributed by atoms with Crippen LogP contribution in [0.1, 0.15) is 12.0 Å². The van der Waals surface area contributed by atoms with Gasteiger partial charge in [-0.2, -0.15) is 0 Å². The molecule has 1 saturated heterocycles. The van der Waals surface area contributed by atoms with Crippen molar-refractivity contribution < 1.29 is 19.1 Å². The van der Waals surface area contributed by atoms with Gasteiger partial charge in [0.15, 0.2) is 0 Å². The number of nitrogens with one attached hydrogen (secondary N) is 2. The molecule has 0 aliphatic carbocycles. The number of benzene rings is 1. The van der Waals surface area contributed by atoms with E-state index in [1.807, 2.05) is 13.0 Å². The van der Waals surface area contributed by atoms with Crippen LogP contribution in [-0.2, 0) is 19.1 Å². The zero-order valence-electron chi connectivity index (χ0n) is 13.6. The highest BCUT2D eigenvalue weighted by atomic mass is 35.5. The predicted molar refractivity (Wildman–Crippen MR) is 89.8 cm³/mol. The average molecular weight is 354 g/mol. The molecule has 0 saturated carbocycles. The molecule has 1 aromatic carbocycles. The van der Waals surface area contributed by atoms with Crippen LogP contribution >= 0.6 is 11.6 Å². The Morgan fingerprint density at radius 3 is 2.88 bits per heavy atom. The lowest BCUT2D eigenvalue weighted by molar-refractivity contribution is -0.146. The maximum atomic E-state index is 12.2. The number of anilines is 1. The van der Waals surface area contributed by atoms with E-state index < -0.39 is 12.0 Å². The molecule has 0 bridgehead atoms. The van der Waals surface area contributed by atoms with E-state index >= 15 is 0 Å². The van der Waals surface area contributed by atoms with Crippen molar-refractivity contribution in [1.82, 2.24) is 10.2 Å². The molecule has 2 amide bonds. The van der Waals surface area contributed by atoms with Gasteiger partial charge in [-0.15, -0.1) is 0 Å². The number of ether oxygens (including phenoxy) is 1. The van der Waals surface area contributed by atoms with E-state index in [0.717, 1.165) is 5.56 Å². The number of aryl methyl sites for hydroxylation is 1. The molecule has 1 fully saturated rings.